The van der Waals surface area contributed by atoms with E-state index < -0.39 is 0 Å². The standard InChI is InChI=1S/C25H26O6/c1-16-4-3-5-20(12-16)31-23-15-30-22-13-19(10-11-21(22)24(23)26)29-14-17-6-8-18(9-7-17)25(27)28-2/h3-9,12,15,19,21-22H,10-11,13-14H2,1-2H3. The number of hydrogen-bond donors (Lipinski definition) is 0. The Balaban J connectivity index is 1.32. The summed E-state index contributed by atoms with van der Waals surface area (Å²) in [6, 6.07) is 14.8. The predicted molar refractivity (Wildman–Crippen MR) is 113 cm³/mol. The summed E-state index contributed by atoms with van der Waals surface area (Å²) < 4.78 is 22.4. The van der Waals surface area contributed by atoms with Crippen LogP contribution >= 0.6 is 0 Å². The number of Topliss-reactive ketones (excluding diaryl/α,β-unsaturated/α-hetero) is 1. The quantitative estimate of drug-likeness (QED) is 0.645. The average molecular weight is 422 g/mol. The van der Waals surface area contributed by atoms with Crippen LogP contribution in [0.25, 0.3) is 0 Å². The molecule has 3 atom stereocenters. The maximum absolute atomic E-state index is 12.9. The molecular formula is C25H26O6. The van der Waals surface area contributed by atoms with Gasteiger partial charge in [0, 0.05) is 6.42 Å². The Kier molecular flexibility index (Phi) is 6.37. The van der Waals surface area contributed by atoms with Crippen molar-refractivity contribution in [3.05, 3.63) is 77.2 Å². The molecule has 1 saturated carbocycles. The van der Waals surface area contributed by atoms with E-state index in [1.807, 2.05) is 43.3 Å². The van der Waals surface area contributed by atoms with Crippen LogP contribution in [0.5, 0.6) is 5.75 Å². The second-order valence-electron chi connectivity index (χ2n) is 7.98. The van der Waals surface area contributed by atoms with Gasteiger partial charge in [0.2, 0.25) is 11.5 Å². The molecule has 2 aliphatic rings. The molecule has 3 unspecified atom stereocenters. The van der Waals surface area contributed by atoms with Crippen LogP contribution in [0, 0.1) is 12.8 Å². The van der Waals surface area contributed by atoms with Crippen molar-refractivity contribution in [1.82, 2.24) is 0 Å². The molecule has 1 aliphatic carbocycles. The highest BCUT2D eigenvalue weighted by atomic mass is 16.5. The Bertz CT molecular complexity index is 978. The number of benzene rings is 2. The smallest absolute Gasteiger partial charge is 0.337 e. The maximum Gasteiger partial charge on any atom is 0.337 e. The lowest BCUT2D eigenvalue weighted by atomic mass is 9.80. The van der Waals surface area contributed by atoms with Gasteiger partial charge in [0.05, 0.1) is 31.3 Å². The zero-order chi connectivity index (χ0) is 21.8. The Labute approximate surface area is 181 Å². The summed E-state index contributed by atoms with van der Waals surface area (Å²) >= 11 is 0. The number of allylic oxidation sites excluding steroid dienone is 1. The molecule has 1 aliphatic heterocycles. The fourth-order valence-corrected chi connectivity index (χ4v) is 4.03. The lowest BCUT2D eigenvalue weighted by molar-refractivity contribution is -0.134. The van der Waals surface area contributed by atoms with Crippen molar-refractivity contribution in [2.45, 2.75) is 45.0 Å². The highest BCUT2D eigenvalue weighted by molar-refractivity contribution is 5.96. The van der Waals surface area contributed by atoms with E-state index in [1.54, 1.807) is 12.1 Å². The molecule has 2 aromatic carbocycles. The number of hydrogen-bond acceptors (Lipinski definition) is 6. The van der Waals surface area contributed by atoms with Gasteiger partial charge in [0.25, 0.3) is 0 Å². The second-order valence-corrected chi connectivity index (χ2v) is 7.98. The van der Waals surface area contributed by atoms with Gasteiger partial charge in [-0.3, -0.25) is 4.79 Å². The minimum absolute atomic E-state index is 0.00500. The normalized spacial score (nSPS) is 22.7. The summed E-state index contributed by atoms with van der Waals surface area (Å²) in [6.07, 6.45) is 3.41. The van der Waals surface area contributed by atoms with Gasteiger partial charge in [0.15, 0.2) is 0 Å². The molecule has 0 spiro atoms. The number of methoxy groups -OCH3 is 1. The molecule has 4 rings (SSSR count). The molecule has 0 saturated heterocycles. The minimum Gasteiger partial charge on any atom is -0.493 e. The Morgan fingerprint density at radius 2 is 1.94 bits per heavy atom. The molecule has 0 aromatic heterocycles. The van der Waals surface area contributed by atoms with Gasteiger partial charge >= 0.3 is 5.97 Å². The Morgan fingerprint density at radius 1 is 1.13 bits per heavy atom. The van der Waals surface area contributed by atoms with Crippen molar-refractivity contribution in [3.8, 4) is 5.75 Å². The lowest BCUT2D eigenvalue weighted by Gasteiger charge is -2.37. The molecule has 6 nitrogen and oxygen atoms in total. The van der Waals surface area contributed by atoms with Crippen LogP contribution in [0.3, 0.4) is 0 Å². The second kappa shape index (κ2) is 9.35. The van der Waals surface area contributed by atoms with Gasteiger partial charge < -0.3 is 18.9 Å². The number of ether oxygens (including phenoxy) is 4. The number of rotatable bonds is 6. The van der Waals surface area contributed by atoms with E-state index in [9.17, 15) is 9.59 Å². The summed E-state index contributed by atoms with van der Waals surface area (Å²) in [6.45, 7) is 2.42. The minimum atomic E-state index is -0.358. The number of fused-ring (bicyclic) bond motifs is 1. The van der Waals surface area contributed by atoms with Crippen molar-refractivity contribution < 1.29 is 28.5 Å². The first-order chi connectivity index (χ1) is 15.0. The summed E-state index contributed by atoms with van der Waals surface area (Å²) in [5, 5.41) is 0. The van der Waals surface area contributed by atoms with Crippen LogP contribution in [-0.4, -0.2) is 31.1 Å². The maximum atomic E-state index is 12.9. The van der Waals surface area contributed by atoms with Crippen LogP contribution < -0.4 is 4.74 Å². The Hall–Kier alpha value is -3.12. The lowest BCUT2D eigenvalue weighted by Crippen LogP contribution is -2.42. The van der Waals surface area contributed by atoms with E-state index in [0.29, 0.717) is 30.8 Å². The number of ketones is 1. The van der Waals surface area contributed by atoms with Crippen molar-refractivity contribution in [2.75, 3.05) is 7.11 Å². The SMILES string of the molecule is COC(=O)c1ccc(COC2CCC3C(=O)C(Oc4cccc(C)c4)=COC3C2)cc1. The van der Waals surface area contributed by atoms with E-state index >= 15 is 0 Å². The topological polar surface area (TPSA) is 71.1 Å². The van der Waals surface area contributed by atoms with Gasteiger partial charge in [-0.15, -0.1) is 0 Å². The monoisotopic (exact) mass is 422 g/mol. The zero-order valence-electron chi connectivity index (χ0n) is 17.7. The van der Waals surface area contributed by atoms with Gasteiger partial charge in [0.1, 0.15) is 18.1 Å². The van der Waals surface area contributed by atoms with E-state index in [1.165, 1.54) is 13.4 Å². The van der Waals surface area contributed by atoms with Crippen LogP contribution in [0.1, 0.15) is 40.7 Å². The molecule has 2 aromatic rings. The number of carbonyl (C=O) groups excluding carboxylic acids is 2. The largest absolute Gasteiger partial charge is 0.493 e. The molecular weight excluding hydrogens is 396 g/mol. The summed E-state index contributed by atoms with van der Waals surface area (Å²) in [5.41, 5.74) is 2.55. The van der Waals surface area contributed by atoms with Gasteiger partial charge in [-0.25, -0.2) is 4.79 Å². The molecule has 0 bridgehead atoms. The van der Waals surface area contributed by atoms with E-state index in [2.05, 4.69) is 0 Å². The van der Waals surface area contributed by atoms with E-state index in [4.69, 9.17) is 18.9 Å². The molecule has 1 fully saturated rings. The molecule has 1 heterocycles. The molecule has 6 heteroatoms. The van der Waals surface area contributed by atoms with E-state index in [-0.39, 0.29) is 35.6 Å². The van der Waals surface area contributed by atoms with E-state index in [0.717, 1.165) is 17.5 Å². The number of aryl methyl sites for hydroxylation is 1. The van der Waals surface area contributed by atoms with Crippen molar-refractivity contribution in [1.29, 1.82) is 0 Å². The fraction of sp³-hybridized carbons (Fsp3) is 0.360. The fourth-order valence-electron chi connectivity index (χ4n) is 4.03. The predicted octanol–water partition coefficient (Wildman–Crippen LogP) is 4.36. The molecule has 162 valence electrons. The first-order valence-electron chi connectivity index (χ1n) is 10.5. The molecule has 31 heavy (non-hydrogen) atoms. The summed E-state index contributed by atoms with van der Waals surface area (Å²) in [7, 11) is 1.36. The first-order valence-corrected chi connectivity index (χ1v) is 10.5. The van der Waals surface area contributed by atoms with Crippen molar-refractivity contribution in [3.63, 3.8) is 0 Å². The third-order valence-electron chi connectivity index (χ3n) is 5.75. The summed E-state index contributed by atoms with van der Waals surface area (Å²) in [5.74, 6) is 0.330. The highest BCUT2D eigenvalue weighted by Gasteiger charge is 2.41. The highest BCUT2D eigenvalue weighted by Crippen LogP contribution is 2.35. The van der Waals surface area contributed by atoms with Crippen LogP contribution in [0.2, 0.25) is 0 Å². The zero-order valence-corrected chi connectivity index (χ0v) is 17.7. The van der Waals surface area contributed by atoms with Gasteiger partial charge in [-0.05, 0) is 55.2 Å². The van der Waals surface area contributed by atoms with Crippen LogP contribution in [-0.2, 0) is 25.6 Å². The first kappa shape index (κ1) is 21.1. The van der Waals surface area contributed by atoms with Crippen LogP contribution in [0.15, 0.2) is 60.6 Å². The third-order valence-corrected chi connectivity index (χ3v) is 5.75. The van der Waals surface area contributed by atoms with Gasteiger partial charge in [-0.2, -0.15) is 0 Å². The van der Waals surface area contributed by atoms with Gasteiger partial charge in [-0.1, -0.05) is 24.3 Å². The molecule has 0 N–H and O–H groups in total. The number of esters is 1. The average Bonchev–Trinajstić information content (AvgIpc) is 2.79. The molecule has 0 amide bonds. The van der Waals surface area contributed by atoms with Crippen LogP contribution in [0.4, 0.5) is 0 Å². The van der Waals surface area contributed by atoms with Crippen molar-refractivity contribution >= 4 is 11.8 Å². The molecule has 0 radical (unpaired) electrons. The van der Waals surface area contributed by atoms with Crippen molar-refractivity contribution in [2.24, 2.45) is 5.92 Å². The third kappa shape index (κ3) is 4.97. The number of carbonyl (C=O) groups is 2. The Morgan fingerprint density at radius 3 is 2.68 bits per heavy atom. The summed E-state index contributed by atoms with van der Waals surface area (Å²) in [4.78, 5) is 24.4.